The van der Waals surface area contributed by atoms with Gasteiger partial charge in [0.2, 0.25) is 9.84 Å². The molecule has 1 aliphatic carbocycles. The lowest BCUT2D eigenvalue weighted by Gasteiger charge is -2.11. The molecule has 0 N–H and O–H groups in total. The summed E-state index contributed by atoms with van der Waals surface area (Å²) < 4.78 is 66.1. The fraction of sp³-hybridized carbons (Fsp3) is 0.429. The first-order chi connectivity index (χ1) is 10.9. The molecule has 9 heteroatoms. The summed E-state index contributed by atoms with van der Waals surface area (Å²) in [6.45, 7) is 0. The zero-order valence-corrected chi connectivity index (χ0v) is 12.5. The third-order valence-electron chi connectivity index (χ3n) is 4.19. The smallest absolute Gasteiger partial charge is 0.246 e. The maximum Gasteiger partial charge on any atom is 0.267 e. The molecule has 0 saturated heterocycles. The first kappa shape index (κ1) is 14.7. The molecule has 1 aromatic heterocycles. The Morgan fingerprint density at radius 3 is 2.61 bits per heavy atom. The first-order valence-electron chi connectivity index (χ1n) is 7.12. The van der Waals surface area contributed by atoms with Crippen LogP contribution in [-0.2, 0) is 9.84 Å². The second kappa shape index (κ2) is 4.80. The quantitative estimate of drug-likeness (QED) is 0.858. The van der Waals surface area contributed by atoms with E-state index in [2.05, 4.69) is 10.1 Å². The minimum Gasteiger partial charge on any atom is -0.246 e. The highest BCUT2D eigenvalue weighted by Crippen LogP contribution is 2.41. The fourth-order valence-electron chi connectivity index (χ4n) is 2.87. The van der Waals surface area contributed by atoms with Gasteiger partial charge in [0, 0.05) is 6.42 Å². The molecule has 122 valence electrons. The third-order valence-corrected chi connectivity index (χ3v) is 6.15. The van der Waals surface area contributed by atoms with E-state index in [0.29, 0.717) is 5.56 Å². The molecule has 0 bridgehead atoms. The van der Waals surface area contributed by atoms with Crippen molar-refractivity contribution >= 4 is 9.84 Å². The van der Waals surface area contributed by atoms with E-state index in [1.807, 2.05) is 0 Å². The van der Waals surface area contributed by atoms with Gasteiger partial charge in [-0.25, -0.2) is 26.3 Å². The summed E-state index contributed by atoms with van der Waals surface area (Å²) in [5.74, 6) is -0.591. The number of benzene rings is 1. The molecule has 4 unspecified atom stereocenters. The topological polar surface area (TPSA) is 64.8 Å². The molecule has 5 nitrogen and oxygen atoms in total. The van der Waals surface area contributed by atoms with Gasteiger partial charge >= 0.3 is 0 Å². The van der Waals surface area contributed by atoms with Crippen LogP contribution in [-0.4, -0.2) is 34.6 Å². The molecule has 0 radical (unpaired) electrons. The SMILES string of the molecule is O=S(=O)(c1nc2n(n1)C(c1cccc(F)c1)CC2F)C1CC1F. The average Bonchev–Trinajstić information content (AvgIpc) is 2.96. The predicted molar refractivity (Wildman–Crippen MR) is 73.5 cm³/mol. The van der Waals surface area contributed by atoms with E-state index in [0.717, 1.165) is 0 Å². The van der Waals surface area contributed by atoms with E-state index in [9.17, 15) is 21.6 Å². The van der Waals surface area contributed by atoms with E-state index >= 15 is 0 Å². The van der Waals surface area contributed by atoms with Crippen molar-refractivity contribution in [3.8, 4) is 0 Å². The van der Waals surface area contributed by atoms with Crippen molar-refractivity contribution in [2.75, 3.05) is 0 Å². The zero-order valence-electron chi connectivity index (χ0n) is 11.7. The summed E-state index contributed by atoms with van der Waals surface area (Å²) in [6.07, 6.45) is -2.99. The summed E-state index contributed by atoms with van der Waals surface area (Å²) in [5, 5.41) is 2.19. The van der Waals surface area contributed by atoms with E-state index in [4.69, 9.17) is 0 Å². The molecule has 2 aliphatic rings. The van der Waals surface area contributed by atoms with Gasteiger partial charge in [0.1, 0.15) is 17.2 Å². The number of alkyl halides is 2. The Morgan fingerprint density at radius 2 is 1.96 bits per heavy atom. The van der Waals surface area contributed by atoms with Crippen LogP contribution in [0.1, 0.15) is 36.4 Å². The molecule has 23 heavy (non-hydrogen) atoms. The Bertz CT molecular complexity index is 883. The summed E-state index contributed by atoms with van der Waals surface area (Å²) in [4.78, 5) is 3.77. The van der Waals surface area contributed by atoms with Crippen LogP contribution >= 0.6 is 0 Å². The molecule has 0 spiro atoms. The number of sulfone groups is 1. The van der Waals surface area contributed by atoms with Crippen molar-refractivity contribution in [2.24, 2.45) is 0 Å². The van der Waals surface area contributed by atoms with Crippen LogP contribution in [0.3, 0.4) is 0 Å². The van der Waals surface area contributed by atoms with Crippen LogP contribution in [0.25, 0.3) is 0 Å². The van der Waals surface area contributed by atoms with Crippen molar-refractivity contribution in [1.29, 1.82) is 0 Å². The Morgan fingerprint density at radius 1 is 1.22 bits per heavy atom. The molecule has 4 rings (SSSR count). The minimum absolute atomic E-state index is 0.00821. The molecular formula is C14H12F3N3O2S. The first-order valence-corrected chi connectivity index (χ1v) is 8.66. The number of halogens is 3. The summed E-state index contributed by atoms with van der Waals surface area (Å²) >= 11 is 0. The minimum atomic E-state index is -3.99. The summed E-state index contributed by atoms with van der Waals surface area (Å²) in [6, 6.07) is 4.98. The van der Waals surface area contributed by atoms with Crippen LogP contribution in [0.15, 0.2) is 29.4 Å². The number of rotatable bonds is 3. The summed E-state index contributed by atoms with van der Waals surface area (Å²) in [5.41, 5.74) is 0.482. The highest BCUT2D eigenvalue weighted by molar-refractivity contribution is 7.92. The molecule has 1 fully saturated rings. The van der Waals surface area contributed by atoms with Gasteiger partial charge in [0.15, 0.2) is 12.0 Å². The molecule has 2 heterocycles. The maximum atomic E-state index is 14.2. The highest BCUT2D eigenvalue weighted by atomic mass is 32.2. The highest BCUT2D eigenvalue weighted by Gasteiger charge is 2.51. The van der Waals surface area contributed by atoms with Crippen molar-refractivity contribution in [3.63, 3.8) is 0 Å². The van der Waals surface area contributed by atoms with Crippen LogP contribution in [0.5, 0.6) is 0 Å². The molecule has 4 atom stereocenters. The van der Waals surface area contributed by atoms with Crippen molar-refractivity contribution in [2.45, 2.75) is 41.6 Å². The van der Waals surface area contributed by atoms with Crippen LogP contribution in [0, 0.1) is 5.82 Å². The lowest BCUT2D eigenvalue weighted by Crippen LogP contribution is -2.14. The maximum absolute atomic E-state index is 14.2. The van der Waals surface area contributed by atoms with Gasteiger partial charge < -0.3 is 0 Å². The second-order valence-corrected chi connectivity index (χ2v) is 7.87. The predicted octanol–water partition coefficient (Wildman–Crippen LogP) is 2.31. The Hall–Kier alpha value is -1.90. The number of hydrogen-bond donors (Lipinski definition) is 0. The fourth-order valence-corrected chi connectivity index (χ4v) is 4.39. The van der Waals surface area contributed by atoms with E-state index in [1.54, 1.807) is 6.07 Å². The van der Waals surface area contributed by atoms with Gasteiger partial charge in [0.25, 0.3) is 5.16 Å². The lowest BCUT2D eigenvalue weighted by atomic mass is 10.0. The molecule has 1 aromatic carbocycles. The van der Waals surface area contributed by atoms with Gasteiger partial charge in [-0.15, -0.1) is 5.10 Å². The zero-order chi connectivity index (χ0) is 16.4. The average molecular weight is 343 g/mol. The standard InChI is InChI=1S/C14H12F3N3O2S/c15-8-3-1-2-7(4-8)11-5-10(17)13-18-14(19-20(11)13)23(21,22)12-6-9(12)16/h1-4,9-12H,5-6H2. The number of aromatic nitrogens is 3. The van der Waals surface area contributed by atoms with Crippen LogP contribution < -0.4 is 0 Å². The second-order valence-electron chi connectivity index (χ2n) is 5.81. The van der Waals surface area contributed by atoms with E-state index in [1.165, 1.54) is 22.9 Å². The van der Waals surface area contributed by atoms with Crippen molar-refractivity contribution in [1.82, 2.24) is 14.8 Å². The van der Waals surface area contributed by atoms with Gasteiger partial charge in [-0.3, -0.25) is 0 Å². The Kier molecular flexibility index (Phi) is 3.06. The molecule has 2 aromatic rings. The Labute approximate surface area is 130 Å². The normalized spacial score (nSPS) is 29.5. The molecule has 1 aliphatic heterocycles. The van der Waals surface area contributed by atoms with E-state index < -0.39 is 44.4 Å². The number of nitrogens with zero attached hydrogens (tertiary/aromatic N) is 3. The van der Waals surface area contributed by atoms with Crippen molar-refractivity contribution in [3.05, 3.63) is 41.5 Å². The van der Waals surface area contributed by atoms with Crippen LogP contribution in [0.2, 0.25) is 0 Å². The molecular weight excluding hydrogens is 331 g/mol. The molecule has 0 amide bonds. The lowest BCUT2D eigenvalue weighted by molar-refractivity contribution is 0.326. The number of hydrogen-bond acceptors (Lipinski definition) is 4. The van der Waals surface area contributed by atoms with E-state index in [-0.39, 0.29) is 18.7 Å². The third kappa shape index (κ3) is 2.25. The van der Waals surface area contributed by atoms with Gasteiger partial charge in [0.05, 0.1) is 6.04 Å². The monoisotopic (exact) mass is 343 g/mol. The van der Waals surface area contributed by atoms with Crippen molar-refractivity contribution < 1.29 is 21.6 Å². The van der Waals surface area contributed by atoms with Crippen LogP contribution in [0.4, 0.5) is 13.2 Å². The van der Waals surface area contributed by atoms with Gasteiger partial charge in [-0.2, -0.15) is 4.98 Å². The van der Waals surface area contributed by atoms with Gasteiger partial charge in [-0.1, -0.05) is 12.1 Å². The largest absolute Gasteiger partial charge is 0.267 e. The summed E-state index contributed by atoms with van der Waals surface area (Å²) in [7, 11) is -3.99. The molecule has 1 saturated carbocycles. The van der Waals surface area contributed by atoms with Gasteiger partial charge in [-0.05, 0) is 24.1 Å². The number of fused-ring (bicyclic) bond motifs is 1. The Balaban J connectivity index is 1.75.